The summed E-state index contributed by atoms with van der Waals surface area (Å²) in [7, 11) is 0. The number of nitrogens with two attached hydrogens (primary N) is 1. The monoisotopic (exact) mass is 326 g/mol. The maximum absolute atomic E-state index is 12.2. The first kappa shape index (κ1) is 15.9. The molecule has 1 heterocycles. The molecule has 0 radical (unpaired) electrons. The van der Waals surface area contributed by atoms with Crippen LogP contribution in [0.4, 0.5) is 0 Å². The van der Waals surface area contributed by atoms with Gasteiger partial charge in [0.15, 0.2) is 18.1 Å². The highest BCUT2D eigenvalue weighted by Crippen LogP contribution is 2.26. The summed E-state index contributed by atoms with van der Waals surface area (Å²) in [5.74, 6) is 1.41. The zero-order valence-electron chi connectivity index (χ0n) is 13.5. The lowest BCUT2D eigenvalue weighted by Crippen LogP contribution is -2.40. The molecule has 0 bridgehead atoms. The van der Waals surface area contributed by atoms with Crippen molar-refractivity contribution >= 4 is 11.7 Å². The van der Waals surface area contributed by atoms with Crippen LogP contribution in [0, 0.1) is 0 Å². The number of benzene rings is 2. The smallest absolute Gasteiger partial charge is 0.299 e. The van der Waals surface area contributed by atoms with E-state index in [2.05, 4.69) is 5.43 Å². The first-order valence-electron chi connectivity index (χ1n) is 7.81. The van der Waals surface area contributed by atoms with Crippen LogP contribution >= 0.6 is 0 Å². The number of nitrogens with one attached hydrogen (secondary N) is 1. The molecule has 0 atom stereocenters. The zero-order chi connectivity index (χ0) is 16.9. The molecule has 1 aliphatic rings. The van der Waals surface area contributed by atoms with E-state index in [1.165, 1.54) is 0 Å². The molecule has 124 valence electrons. The van der Waals surface area contributed by atoms with Gasteiger partial charge in [-0.1, -0.05) is 30.3 Å². The predicted octanol–water partition coefficient (Wildman–Crippen LogP) is 1.43. The van der Waals surface area contributed by atoms with E-state index in [0.717, 1.165) is 11.1 Å². The summed E-state index contributed by atoms with van der Waals surface area (Å²) in [6.45, 7) is 2.85. The van der Waals surface area contributed by atoms with Gasteiger partial charge in [-0.3, -0.25) is 10.5 Å². The molecule has 0 spiro atoms. The van der Waals surface area contributed by atoms with Crippen LogP contribution in [-0.4, -0.2) is 29.6 Å². The molecule has 6 nitrogen and oxygen atoms in total. The van der Waals surface area contributed by atoms with Gasteiger partial charge in [-0.05, 0) is 25.1 Å². The molecular weight excluding hydrogens is 306 g/mol. The summed E-state index contributed by atoms with van der Waals surface area (Å²) in [5, 5.41) is 0. The molecule has 3 N–H and O–H groups in total. The van der Waals surface area contributed by atoms with Crippen molar-refractivity contribution in [2.45, 2.75) is 13.5 Å². The molecule has 0 aliphatic carbocycles. The quantitative estimate of drug-likeness (QED) is 0.787. The molecule has 0 unspecified atom stereocenters. The Morgan fingerprint density at radius 3 is 2.50 bits per heavy atom. The minimum atomic E-state index is -0.281. The molecule has 6 heteroatoms. The van der Waals surface area contributed by atoms with E-state index < -0.39 is 0 Å². The molecule has 0 saturated carbocycles. The number of amides is 1. The molecule has 2 aromatic rings. The Balaban J connectivity index is 1.61. The van der Waals surface area contributed by atoms with Gasteiger partial charge < -0.3 is 9.47 Å². The van der Waals surface area contributed by atoms with Gasteiger partial charge in [-0.2, -0.15) is 10.1 Å². The van der Waals surface area contributed by atoms with Gasteiger partial charge in [0.25, 0.3) is 11.7 Å². The normalized spacial score (nSPS) is 12.7. The van der Waals surface area contributed by atoms with Crippen LogP contribution in [0.1, 0.15) is 18.1 Å². The van der Waals surface area contributed by atoms with E-state index in [1.54, 1.807) is 16.8 Å². The third-order valence-corrected chi connectivity index (χ3v) is 3.68. The van der Waals surface area contributed by atoms with Gasteiger partial charge in [0.2, 0.25) is 0 Å². The van der Waals surface area contributed by atoms with E-state index in [4.69, 9.17) is 15.2 Å². The second kappa shape index (κ2) is 7.04. The maximum Gasteiger partial charge on any atom is 0.299 e. The van der Waals surface area contributed by atoms with Gasteiger partial charge in [0, 0.05) is 5.56 Å². The Kier molecular flexibility index (Phi) is 4.65. The van der Waals surface area contributed by atoms with Crippen molar-refractivity contribution in [1.29, 1.82) is 0 Å². The number of hydrazone groups is 1. The molecule has 24 heavy (non-hydrogen) atoms. The molecule has 1 amide bonds. The average molecular weight is 326 g/mol. The molecule has 1 aliphatic heterocycles. The topological polar surface area (TPSA) is 76.6 Å². The summed E-state index contributed by atoms with van der Waals surface area (Å²) in [5.41, 5.74) is 10.9. The molecule has 0 aromatic heterocycles. The molecule has 3 rings (SSSR count). The zero-order valence-corrected chi connectivity index (χ0v) is 13.5. The minimum absolute atomic E-state index is 0.121. The number of hydrogen-bond acceptors (Lipinski definition) is 4. The van der Waals surface area contributed by atoms with Crippen molar-refractivity contribution in [2.24, 2.45) is 5.73 Å². The lowest BCUT2D eigenvalue weighted by molar-refractivity contribution is -0.586. The van der Waals surface area contributed by atoms with Crippen LogP contribution in [0.3, 0.4) is 0 Å². The third kappa shape index (κ3) is 3.32. The summed E-state index contributed by atoms with van der Waals surface area (Å²) in [4.78, 5) is 12.2. The van der Waals surface area contributed by atoms with E-state index in [9.17, 15) is 4.79 Å². The van der Waals surface area contributed by atoms with Crippen molar-refractivity contribution in [2.75, 3.05) is 13.2 Å². The fourth-order valence-corrected chi connectivity index (χ4v) is 2.58. The Bertz CT molecular complexity index is 787. The lowest BCUT2D eigenvalue weighted by Gasteiger charge is -2.11. The largest absolute Gasteiger partial charge is 0.490 e. The minimum Gasteiger partial charge on any atom is -0.490 e. The standard InChI is InChI=1S/C18H19N3O3/c1-2-23-15-9-5-6-10-16(15)24-12-17(22)20-21-11-13-7-3-4-8-14(13)18(21)19/h3-10,19H,2,11-12H2,1H3,(H,20,22)/p+1. The first-order valence-corrected chi connectivity index (χ1v) is 7.81. The molecule has 2 aromatic carbocycles. The van der Waals surface area contributed by atoms with Crippen LogP contribution < -0.4 is 20.6 Å². The van der Waals surface area contributed by atoms with E-state index in [0.29, 0.717) is 30.5 Å². The number of fused-ring (bicyclic) bond motifs is 1. The summed E-state index contributed by atoms with van der Waals surface area (Å²) < 4.78 is 12.7. The van der Waals surface area contributed by atoms with Crippen LogP contribution in [-0.2, 0) is 11.3 Å². The lowest BCUT2D eigenvalue weighted by atomic mass is 10.1. The molecule has 0 fully saturated rings. The maximum atomic E-state index is 12.2. The number of rotatable bonds is 6. The van der Waals surface area contributed by atoms with Crippen LogP contribution in [0.15, 0.2) is 48.5 Å². The average Bonchev–Trinajstić information content (AvgIpc) is 2.91. The Labute approximate surface area is 140 Å². The number of hydrogen-bond donors (Lipinski definition) is 2. The second-order valence-electron chi connectivity index (χ2n) is 5.33. The Hall–Kier alpha value is -3.02. The van der Waals surface area contributed by atoms with Crippen molar-refractivity contribution < 1.29 is 19.0 Å². The Morgan fingerprint density at radius 2 is 1.79 bits per heavy atom. The second-order valence-corrected chi connectivity index (χ2v) is 5.33. The van der Waals surface area contributed by atoms with Crippen molar-refractivity contribution in [3.63, 3.8) is 0 Å². The highest BCUT2D eigenvalue weighted by molar-refractivity contribution is 5.96. The summed E-state index contributed by atoms with van der Waals surface area (Å²) in [6.07, 6.45) is 0. The first-order chi connectivity index (χ1) is 11.7. The molecular formula is C18H20N3O3+. The van der Waals surface area contributed by atoms with Gasteiger partial charge in [-0.25, -0.2) is 0 Å². The van der Waals surface area contributed by atoms with Gasteiger partial charge in [-0.15, -0.1) is 0 Å². The summed E-state index contributed by atoms with van der Waals surface area (Å²) in [6, 6.07) is 15.1. The van der Waals surface area contributed by atoms with E-state index in [1.807, 2.05) is 43.3 Å². The molecule has 0 saturated heterocycles. The number of amidine groups is 1. The van der Waals surface area contributed by atoms with E-state index in [-0.39, 0.29) is 12.5 Å². The summed E-state index contributed by atoms with van der Waals surface area (Å²) >= 11 is 0. The van der Waals surface area contributed by atoms with Crippen LogP contribution in [0.2, 0.25) is 0 Å². The number of carbonyl (C=O) groups excluding carboxylic acids is 1. The number of para-hydroxylation sites is 2. The highest BCUT2D eigenvalue weighted by atomic mass is 16.5. The number of nitrogens with zero attached hydrogens (tertiary/aromatic N) is 1. The van der Waals surface area contributed by atoms with Crippen molar-refractivity contribution in [3.05, 3.63) is 59.7 Å². The number of hydrazine groups is 1. The highest BCUT2D eigenvalue weighted by Gasteiger charge is 2.25. The third-order valence-electron chi connectivity index (χ3n) is 3.68. The Morgan fingerprint density at radius 1 is 1.12 bits per heavy atom. The van der Waals surface area contributed by atoms with Crippen molar-refractivity contribution in [1.82, 2.24) is 5.43 Å². The predicted molar refractivity (Wildman–Crippen MR) is 90.0 cm³/mol. The van der Waals surface area contributed by atoms with Gasteiger partial charge in [0.1, 0.15) is 6.54 Å². The fourth-order valence-electron chi connectivity index (χ4n) is 2.58. The number of carbonyl (C=O) groups is 1. The van der Waals surface area contributed by atoms with E-state index >= 15 is 0 Å². The van der Waals surface area contributed by atoms with Crippen molar-refractivity contribution in [3.8, 4) is 11.5 Å². The van der Waals surface area contributed by atoms with Crippen LogP contribution in [0.5, 0.6) is 11.5 Å². The van der Waals surface area contributed by atoms with Gasteiger partial charge in [0.05, 0.1) is 12.2 Å². The van der Waals surface area contributed by atoms with Crippen LogP contribution in [0.25, 0.3) is 0 Å². The number of ether oxygens (including phenoxy) is 2. The van der Waals surface area contributed by atoms with Gasteiger partial charge >= 0.3 is 0 Å². The fraction of sp³-hybridized carbons (Fsp3) is 0.222. The SMILES string of the molecule is CCOc1ccccc1OCC(=O)N[N+]1=C(N)c2ccccc2C1.